The molecular formula is C11H23FO2. The molecule has 2 nitrogen and oxygen atoms in total. The van der Waals surface area contributed by atoms with Crippen LogP contribution in [0.15, 0.2) is 0 Å². The minimum absolute atomic E-state index is 0. The van der Waals surface area contributed by atoms with E-state index in [0.29, 0.717) is 6.10 Å². The molecule has 14 heavy (non-hydrogen) atoms. The molecule has 0 aromatic heterocycles. The summed E-state index contributed by atoms with van der Waals surface area (Å²) in [6.45, 7) is 4.90. The molecule has 0 spiro atoms. The Morgan fingerprint density at radius 2 is 1.79 bits per heavy atom. The summed E-state index contributed by atoms with van der Waals surface area (Å²) in [7, 11) is 0. The van der Waals surface area contributed by atoms with Crippen LogP contribution >= 0.6 is 0 Å². The number of epoxide rings is 1. The molecule has 0 N–H and O–H groups in total. The van der Waals surface area contributed by atoms with Crippen molar-refractivity contribution in [3.8, 4) is 0 Å². The zero-order chi connectivity index (χ0) is 9.36. The number of hydrogen-bond donors (Lipinski definition) is 0. The van der Waals surface area contributed by atoms with E-state index in [-0.39, 0.29) is 4.70 Å². The van der Waals surface area contributed by atoms with Crippen molar-refractivity contribution in [2.24, 2.45) is 0 Å². The lowest BCUT2D eigenvalue weighted by Crippen LogP contribution is -2.02. The van der Waals surface area contributed by atoms with Crippen LogP contribution in [0.5, 0.6) is 0 Å². The molecule has 1 heterocycles. The van der Waals surface area contributed by atoms with Crippen LogP contribution in [0.25, 0.3) is 0 Å². The molecular weight excluding hydrogens is 183 g/mol. The van der Waals surface area contributed by atoms with Gasteiger partial charge in [-0.05, 0) is 6.42 Å². The lowest BCUT2D eigenvalue weighted by molar-refractivity contribution is 0.113. The number of rotatable bonds is 9. The Bertz CT molecular complexity index is 116. The molecule has 86 valence electrons. The van der Waals surface area contributed by atoms with Crippen LogP contribution in [0.1, 0.15) is 45.4 Å². The van der Waals surface area contributed by atoms with Gasteiger partial charge >= 0.3 is 0 Å². The van der Waals surface area contributed by atoms with Crippen molar-refractivity contribution >= 4 is 0 Å². The van der Waals surface area contributed by atoms with E-state index in [9.17, 15) is 0 Å². The molecule has 1 fully saturated rings. The van der Waals surface area contributed by atoms with Gasteiger partial charge in [-0.3, -0.25) is 4.70 Å². The summed E-state index contributed by atoms with van der Waals surface area (Å²) < 4.78 is 10.5. The minimum atomic E-state index is 0. The monoisotopic (exact) mass is 206 g/mol. The van der Waals surface area contributed by atoms with Crippen molar-refractivity contribution in [1.29, 1.82) is 0 Å². The third kappa shape index (κ3) is 8.45. The van der Waals surface area contributed by atoms with Gasteiger partial charge in [-0.25, -0.2) is 0 Å². The molecule has 1 aliphatic heterocycles. The Labute approximate surface area is 86.3 Å². The molecule has 1 atom stereocenters. The van der Waals surface area contributed by atoms with E-state index in [1.807, 2.05) is 0 Å². The average Bonchev–Trinajstić information content (AvgIpc) is 2.93. The zero-order valence-corrected chi connectivity index (χ0v) is 9.17. The first-order valence-corrected chi connectivity index (χ1v) is 5.63. The number of ether oxygens (including phenoxy) is 2. The molecule has 0 bridgehead atoms. The molecule has 1 aliphatic rings. The summed E-state index contributed by atoms with van der Waals surface area (Å²) in [6, 6.07) is 0. The van der Waals surface area contributed by atoms with Crippen molar-refractivity contribution in [3.05, 3.63) is 0 Å². The van der Waals surface area contributed by atoms with E-state index >= 15 is 0 Å². The lowest BCUT2D eigenvalue weighted by Gasteiger charge is -2.01. The van der Waals surface area contributed by atoms with Gasteiger partial charge in [0.05, 0.1) is 13.2 Å². The van der Waals surface area contributed by atoms with E-state index in [1.165, 1.54) is 38.5 Å². The summed E-state index contributed by atoms with van der Waals surface area (Å²) >= 11 is 0. The van der Waals surface area contributed by atoms with Crippen LogP contribution in [0.3, 0.4) is 0 Å². The fourth-order valence-corrected chi connectivity index (χ4v) is 1.36. The first-order chi connectivity index (χ1) is 6.43. The molecule has 1 rings (SSSR count). The highest BCUT2D eigenvalue weighted by atomic mass is 19.0. The summed E-state index contributed by atoms with van der Waals surface area (Å²) in [5.41, 5.74) is 0. The number of hydrogen-bond acceptors (Lipinski definition) is 2. The van der Waals surface area contributed by atoms with Crippen LogP contribution in [-0.4, -0.2) is 25.9 Å². The fourth-order valence-electron chi connectivity index (χ4n) is 1.36. The Morgan fingerprint density at radius 1 is 1.14 bits per heavy atom. The van der Waals surface area contributed by atoms with Gasteiger partial charge in [-0.1, -0.05) is 39.0 Å². The second-order valence-corrected chi connectivity index (χ2v) is 3.80. The summed E-state index contributed by atoms with van der Waals surface area (Å²) in [6.07, 6.45) is 8.45. The van der Waals surface area contributed by atoms with Gasteiger partial charge in [0, 0.05) is 6.61 Å². The lowest BCUT2D eigenvalue weighted by atomic mass is 10.1. The Balaban J connectivity index is 0.00000169. The average molecular weight is 206 g/mol. The van der Waals surface area contributed by atoms with Crippen molar-refractivity contribution < 1.29 is 14.2 Å². The topological polar surface area (TPSA) is 21.8 Å². The largest absolute Gasteiger partial charge is 0.379 e. The smallest absolute Gasteiger partial charge is 0.104 e. The highest BCUT2D eigenvalue weighted by Gasteiger charge is 2.21. The first-order valence-electron chi connectivity index (χ1n) is 5.63. The second kappa shape index (κ2) is 9.41. The van der Waals surface area contributed by atoms with Crippen molar-refractivity contribution in [2.75, 3.05) is 19.8 Å². The molecule has 0 aliphatic carbocycles. The molecule has 0 aromatic carbocycles. The quantitative estimate of drug-likeness (QED) is 0.427. The fraction of sp³-hybridized carbons (Fsp3) is 1.00. The standard InChI is InChI=1S/C11H22O2.FH/c1-2-3-4-5-6-7-8-12-9-11-10-13-11;/h11H,2-10H2,1H3;1H. The summed E-state index contributed by atoms with van der Waals surface area (Å²) in [4.78, 5) is 0. The Morgan fingerprint density at radius 3 is 2.43 bits per heavy atom. The van der Waals surface area contributed by atoms with Crippen LogP contribution in [-0.2, 0) is 9.47 Å². The SMILES string of the molecule is CCCCCCCCOCC1CO1.F. The van der Waals surface area contributed by atoms with Crippen molar-refractivity contribution in [2.45, 2.75) is 51.6 Å². The second-order valence-electron chi connectivity index (χ2n) is 3.80. The molecule has 0 saturated carbocycles. The van der Waals surface area contributed by atoms with Gasteiger partial charge in [0.2, 0.25) is 0 Å². The zero-order valence-electron chi connectivity index (χ0n) is 9.17. The minimum Gasteiger partial charge on any atom is -0.379 e. The molecule has 0 radical (unpaired) electrons. The maximum atomic E-state index is 5.44. The van der Waals surface area contributed by atoms with E-state index in [2.05, 4.69) is 6.92 Å². The van der Waals surface area contributed by atoms with E-state index in [1.54, 1.807) is 0 Å². The Kier molecular flexibility index (Phi) is 9.31. The maximum absolute atomic E-state index is 5.44. The highest BCUT2D eigenvalue weighted by Crippen LogP contribution is 2.09. The molecule has 3 heteroatoms. The van der Waals surface area contributed by atoms with Gasteiger partial charge in [0.15, 0.2) is 0 Å². The molecule has 1 unspecified atom stereocenters. The van der Waals surface area contributed by atoms with Crippen LogP contribution in [0.2, 0.25) is 0 Å². The van der Waals surface area contributed by atoms with Gasteiger partial charge in [-0.2, -0.15) is 0 Å². The third-order valence-corrected chi connectivity index (χ3v) is 2.35. The summed E-state index contributed by atoms with van der Waals surface area (Å²) in [5.74, 6) is 0. The molecule has 1 saturated heterocycles. The summed E-state index contributed by atoms with van der Waals surface area (Å²) in [5, 5.41) is 0. The Hall–Kier alpha value is -0.150. The maximum Gasteiger partial charge on any atom is 0.104 e. The van der Waals surface area contributed by atoms with E-state index in [0.717, 1.165) is 19.8 Å². The van der Waals surface area contributed by atoms with E-state index < -0.39 is 0 Å². The molecule has 0 amide bonds. The number of unbranched alkanes of at least 4 members (excludes halogenated alkanes) is 5. The van der Waals surface area contributed by atoms with Crippen LogP contribution in [0.4, 0.5) is 4.70 Å². The van der Waals surface area contributed by atoms with Gasteiger partial charge < -0.3 is 9.47 Å². The first kappa shape index (κ1) is 13.8. The van der Waals surface area contributed by atoms with Gasteiger partial charge in [0.25, 0.3) is 0 Å². The predicted octanol–water partition coefficient (Wildman–Crippen LogP) is 2.91. The van der Waals surface area contributed by atoms with Gasteiger partial charge in [-0.15, -0.1) is 0 Å². The molecule has 0 aromatic rings. The van der Waals surface area contributed by atoms with Crippen molar-refractivity contribution in [1.82, 2.24) is 0 Å². The predicted molar refractivity (Wildman–Crippen MR) is 56.4 cm³/mol. The number of halogens is 1. The van der Waals surface area contributed by atoms with E-state index in [4.69, 9.17) is 9.47 Å². The normalized spacial score (nSPS) is 19.1. The third-order valence-electron chi connectivity index (χ3n) is 2.35. The van der Waals surface area contributed by atoms with Gasteiger partial charge in [0.1, 0.15) is 6.10 Å². The van der Waals surface area contributed by atoms with Crippen LogP contribution < -0.4 is 0 Å². The highest BCUT2D eigenvalue weighted by molar-refractivity contribution is 4.66. The van der Waals surface area contributed by atoms with Crippen molar-refractivity contribution in [3.63, 3.8) is 0 Å². The van der Waals surface area contributed by atoms with Crippen LogP contribution in [0, 0.1) is 0 Å².